The van der Waals surface area contributed by atoms with Gasteiger partial charge in [-0.15, -0.1) is 0 Å². The van der Waals surface area contributed by atoms with E-state index in [1.54, 1.807) is 11.1 Å². The van der Waals surface area contributed by atoms with Crippen molar-refractivity contribution in [3.8, 4) is 11.1 Å². The molecule has 0 heteroatoms. The summed E-state index contributed by atoms with van der Waals surface area (Å²) in [6.45, 7) is 0. The van der Waals surface area contributed by atoms with Crippen LogP contribution in [-0.2, 0) is 0 Å². The van der Waals surface area contributed by atoms with Crippen LogP contribution in [0.1, 0.15) is 43.6 Å². The van der Waals surface area contributed by atoms with Gasteiger partial charge in [0.2, 0.25) is 0 Å². The van der Waals surface area contributed by atoms with Crippen molar-refractivity contribution in [1.82, 2.24) is 0 Å². The summed E-state index contributed by atoms with van der Waals surface area (Å²) >= 11 is 0. The standard InChI is InChI=1S/C12H14/c1-2-4-9(5-3-1)12-8-10-6-7-11(10)12/h6-9H,1-5H2. The minimum atomic E-state index is 0.919. The molecule has 0 N–H and O–H groups in total. The number of hydrogen-bond acceptors (Lipinski definition) is 0. The van der Waals surface area contributed by atoms with Crippen LogP contribution >= 0.6 is 0 Å². The van der Waals surface area contributed by atoms with Crippen molar-refractivity contribution in [2.24, 2.45) is 0 Å². The van der Waals surface area contributed by atoms with Crippen LogP contribution in [0.3, 0.4) is 0 Å². The fourth-order valence-electron chi connectivity index (χ4n) is 2.57. The Bertz CT molecular complexity index is 306. The van der Waals surface area contributed by atoms with E-state index >= 15 is 0 Å². The lowest BCUT2D eigenvalue weighted by Gasteiger charge is -2.30. The van der Waals surface area contributed by atoms with Crippen LogP contribution in [0.2, 0.25) is 0 Å². The monoisotopic (exact) mass is 158 g/mol. The van der Waals surface area contributed by atoms with Crippen LogP contribution in [-0.4, -0.2) is 0 Å². The van der Waals surface area contributed by atoms with Gasteiger partial charge < -0.3 is 0 Å². The average molecular weight is 158 g/mol. The first-order valence-corrected chi connectivity index (χ1v) is 5.09. The molecule has 0 aromatic carbocycles. The third-order valence-electron chi connectivity index (χ3n) is 3.41. The Hall–Kier alpha value is -0.780. The fourth-order valence-corrected chi connectivity index (χ4v) is 2.57. The fraction of sp³-hybridized carbons (Fsp3) is 0.500. The van der Waals surface area contributed by atoms with Gasteiger partial charge in [0, 0.05) is 0 Å². The third-order valence-corrected chi connectivity index (χ3v) is 3.41. The molecule has 0 nitrogen and oxygen atoms in total. The van der Waals surface area contributed by atoms with Crippen molar-refractivity contribution in [2.75, 3.05) is 0 Å². The number of rotatable bonds is 1. The molecule has 0 heterocycles. The zero-order chi connectivity index (χ0) is 7.97. The highest BCUT2D eigenvalue weighted by Crippen LogP contribution is 2.45. The Morgan fingerprint density at radius 1 is 1.00 bits per heavy atom. The molecule has 0 radical (unpaired) electrons. The molecular formula is C12H14. The topological polar surface area (TPSA) is 0 Å². The summed E-state index contributed by atoms with van der Waals surface area (Å²) in [5.74, 6) is 0.919. The first-order valence-electron chi connectivity index (χ1n) is 5.09. The number of fused-ring (bicyclic) bond motifs is 1. The molecule has 0 aliphatic heterocycles. The molecule has 0 bridgehead atoms. The molecule has 3 aliphatic rings. The van der Waals surface area contributed by atoms with E-state index in [9.17, 15) is 0 Å². The quantitative estimate of drug-likeness (QED) is 0.593. The SMILES string of the molecule is c1cc2c(C3CCCCC3)cc1-2. The van der Waals surface area contributed by atoms with Gasteiger partial charge in [0.1, 0.15) is 0 Å². The molecule has 0 unspecified atom stereocenters. The van der Waals surface area contributed by atoms with E-state index in [4.69, 9.17) is 0 Å². The first kappa shape index (κ1) is 6.71. The zero-order valence-corrected chi connectivity index (χ0v) is 7.34. The molecule has 62 valence electrons. The summed E-state index contributed by atoms with van der Waals surface area (Å²) in [5.41, 5.74) is 4.77. The molecule has 1 fully saturated rings. The summed E-state index contributed by atoms with van der Waals surface area (Å²) < 4.78 is 0. The van der Waals surface area contributed by atoms with E-state index in [-0.39, 0.29) is 0 Å². The molecule has 1 saturated carbocycles. The van der Waals surface area contributed by atoms with Gasteiger partial charge >= 0.3 is 0 Å². The first-order chi connectivity index (χ1) is 5.95. The van der Waals surface area contributed by atoms with Crippen LogP contribution in [0.4, 0.5) is 0 Å². The van der Waals surface area contributed by atoms with E-state index in [0.717, 1.165) is 5.92 Å². The van der Waals surface area contributed by atoms with Crippen molar-refractivity contribution >= 4 is 0 Å². The van der Waals surface area contributed by atoms with Gasteiger partial charge in [-0.3, -0.25) is 0 Å². The van der Waals surface area contributed by atoms with Crippen molar-refractivity contribution in [1.29, 1.82) is 0 Å². The van der Waals surface area contributed by atoms with Gasteiger partial charge in [-0.05, 0) is 35.4 Å². The smallest absolute Gasteiger partial charge is 0.0149 e. The third kappa shape index (κ3) is 0.782. The van der Waals surface area contributed by atoms with Crippen LogP contribution in [0.25, 0.3) is 11.1 Å². The lowest BCUT2D eigenvalue weighted by atomic mass is 9.75. The highest BCUT2D eigenvalue weighted by atomic mass is 14.3. The molecule has 0 aromatic heterocycles. The second kappa shape index (κ2) is 2.35. The number of hydrogen-bond donors (Lipinski definition) is 0. The summed E-state index contributed by atoms with van der Waals surface area (Å²) in [6.07, 6.45) is 7.25. The molecule has 0 amide bonds. The molecule has 0 spiro atoms. The summed E-state index contributed by atoms with van der Waals surface area (Å²) in [6, 6.07) is 6.90. The van der Waals surface area contributed by atoms with Crippen LogP contribution < -0.4 is 0 Å². The van der Waals surface area contributed by atoms with E-state index in [0.29, 0.717) is 0 Å². The highest BCUT2D eigenvalue weighted by Gasteiger charge is 2.24. The maximum atomic E-state index is 2.39. The Morgan fingerprint density at radius 2 is 1.83 bits per heavy atom. The molecule has 0 aromatic rings. The maximum absolute atomic E-state index is 2.39. The normalized spacial score (nSPS) is 21.0. The Balaban J connectivity index is 1.83. The lowest BCUT2D eigenvalue weighted by molar-refractivity contribution is 0.443. The molecule has 0 atom stereocenters. The van der Waals surface area contributed by atoms with Gasteiger partial charge in [-0.1, -0.05) is 37.5 Å². The Morgan fingerprint density at radius 3 is 2.33 bits per heavy atom. The van der Waals surface area contributed by atoms with Gasteiger partial charge in [0.05, 0.1) is 0 Å². The van der Waals surface area contributed by atoms with Gasteiger partial charge in [0.25, 0.3) is 0 Å². The Labute approximate surface area is 73.6 Å². The molecule has 3 rings (SSSR count). The van der Waals surface area contributed by atoms with Gasteiger partial charge in [-0.2, -0.15) is 0 Å². The van der Waals surface area contributed by atoms with E-state index in [2.05, 4.69) is 18.2 Å². The summed E-state index contributed by atoms with van der Waals surface area (Å²) in [5, 5.41) is 0. The number of benzene rings is 1. The summed E-state index contributed by atoms with van der Waals surface area (Å²) in [7, 11) is 0. The second-order valence-corrected chi connectivity index (χ2v) is 4.14. The van der Waals surface area contributed by atoms with Crippen molar-refractivity contribution in [3.05, 3.63) is 23.8 Å². The van der Waals surface area contributed by atoms with Crippen LogP contribution in [0.5, 0.6) is 0 Å². The molecule has 3 aliphatic carbocycles. The minimum absolute atomic E-state index is 0.919. The zero-order valence-electron chi connectivity index (χ0n) is 7.34. The lowest BCUT2D eigenvalue weighted by Crippen LogP contribution is -2.10. The van der Waals surface area contributed by atoms with E-state index in [1.165, 1.54) is 37.7 Å². The predicted molar refractivity (Wildman–Crippen MR) is 51.3 cm³/mol. The largest absolute Gasteiger partial charge is 0.0537 e. The van der Waals surface area contributed by atoms with Crippen molar-refractivity contribution in [2.45, 2.75) is 38.0 Å². The van der Waals surface area contributed by atoms with Crippen LogP contribution in [0.15, 0.2) is 18.2 Å². The summed E-state index contributed by atoms with van der Waals surface area (Å²) in [4.78, 5) is 0. The minimum Gasteiger partial charge on any atom is -0.0537 e. The predicted octanol–water partition coefficient (Wildman–Crippen LogP) is 3.71. The highest BCUT2D eigenvalue weighted by molar-refractivity contribution is 5.81. The van der Waals surface area contributed by atoms with Gasteiger partial charge in [-0.25, -0.2) is 0 Å². The van der Waals surface area contributed by atoms with E-state index in [1.807, 2.05) is 0 Å². The molecule has 0 saturated heterocycles. The van der Waals surface area contributed by atoms with Crippen molar-refractivity contribution < 1.29 is 0 Å². The second-order valence-electron chi connectivity index (χ2n) is 4.14. The van der Waals surface area contributed by atoms with Crippen molar-refractivity contribution in [3.63, 3.8) is 0 Å². The average Bonchev–Trinajstić information content (AvgIpc) is 2.11. The van der Waals surface area contributed by atoms with E-state index < -0.39 is 0 Å². The molecular weight excluding hydrogens is 144 g/mol. The van der Waals surface area contributed by atoms with Crippen LogP contribution in [0, 0.1) is 0 Å². The molecule has 12 heavy (non-hydrogen) atoms. The van der Waals surface area contributed by atoms with Gasteiger partial charge in [0.15, 0.2) is 0 Å². The maximum Gasteiger partial charge on any atom is -0.0149 e. The Kier molecular flexibility index (Phi) is 1.31.